The van der Waals surface area contributed by atoms with Gasteiger partial charge in [-0.25, -0.2) is 0 Å². The van der Waals surface area contributed by atoms with Crippen molar-refractivity contribution in [2.45, 2.75) is 26.9 Å². The number of halogens is 1. The number of benzene rings is 2. The van der Waals surface area contributed by atoms with Crippen LogP contribution in [0.5, 0.6) is 11.5 Å². The molecule has 0 saturated carbocycles. The van der Waals surface area contributed by atoms with Crippen molar-refractivity contribution < 1.29 is 14.3 Å². The number of methoxy groups -OCH3 is 1. The summed E-state index contributed by atoms with van der Waals surface area (Å²) in [6.07, 6.45) is -0.628. The summed E-state index contributed by atoms with van der Waals surface area (Å²) in [5.41, 5.74) is 2.67. The lowest BCUT2D eigenvalue weighted by molar-refractivity contribution is -0.122. The maximum Gasteiger partial charge on any atom is 0.265 e. The molecule has 23 heavy (non-hydrogen) atoms. The summed E-state index contributed by atoms with van der Waals surface area (Å²) in [6.45, 7) is 5.64. The number of carbonyl (C=O) groups is 1. The van der Waals surface area contributed by atoms with Crippen molar-refractivity contribution in [1.82, 2.24) is 0 Å². The van der Waals surface area contributed by atoms with Crippen molar-refractivity contribution >= 4 is 23.2 Å². The molecule has 0 fully saturated rings. The largest absolute Gasteiger partial charge is 0.495 e. The van der Waals surface area contributed by atoms with E-state index in [-0.39, 0.29) is 5.91 Å². The molecule has 0 radical (unpaired) electrons. The molecule has 1 amide bonds. The maximum atomic E-state index is 12.3. The summed E-state index contributed by atoms with van der Waals surface area (Å²) in [5.74, 6) is 1.02. The van der Waals surface area contributed by atoms with E-state index in [1.807, 2.05) is 32.0 Å². The Morgan fingerprint density at radius 1 is 1.13 bits per heavy atom. The molecule has 122 valence electrons. The lowest BCUT2D eigenvalue weighted by atomic mass is 10.1. The van der Waals surface area contributed by atoms with E-state index in [0.29, 0.717) is 22.2 Å². The van der Waals surface area contributed by atoms with Crippen LogP contribution in [0.25, 0.3) is 0 Å². The second-order valence-corrected chi connectivity index (χ2v) is 5.77. The molecule has 1 atom stereocenters. The van der Waals surface area contributed by atoms with E-state index in [0.717, 1.165) is 11.1 Å². The third-order valence-electron chi connectivity index (χ3n) is 3.44. The van der Waals surface area contributed by atoms with Crippen LogP contribution in [-0.2, 0) is 4.79 Å². The molecule has 0 heterocycles. The highest BCUT2D eigenvalue weighted by molar-refractivity contribution is 6.32. The minimum Gasteiger partial charge on any atom is -0.495 e. The quantitative estimate of drug-likeness (QED) is 0.883. The molecule has 2 rings (SSSR count). The number of rotatable bonds is 5. The van der Waals surface area contributed by atoms with Crippen molar-refractivity contribution in [2.24, 2.45) is 0 Å². The number of amides is 1. The fourth-order valence-electron chi connectivity index (χ4n) is 2.07. The van der Waals surface area contributed by atoms with Crippen molar-refractivity contribution in [3.8, 4) is 11.5 Å². The first-order chi connectivity index (χ1) is 10.9. The van der Waals surface area contributed by atoms with Crippen LogP contribution in [-0.4, -0.2) is 19.1 Å². The molecule has 0 aliphatic heterocycles. The highest BCUT2D eigenvalue weighted by atomic mass is 35.5. The summed E-state index contributed by atoms with van der Waals surface area (Å²) in [5, 5.41) is 3.22. The van der Waals surface area contributed by atoms with E-state index < -0.39 is 6.10 Å². The van der Waals surface area contributed by atoms with Crippen LogP contribution in [0.1, 0.15) is 18.1 Å². The van der Waals surface area contributed by atoms with Gasteiger partial charge in [0.05, 0.1) is 12.1 Å². The Kier molecular flexibility index (Phi) is 5.50. The van der Waals surface area contributed by atoms with Gasteiger partial charge in [-0.05, 0) is 56.2 Å². The molecule has 0 saturated heterocycles. The standard InChI is InChI=1S/C18H20ClNO3/c1-11-5-6-12(2)17(9-11)23-13(3)18(21)20-14-7-8-16(22-4)15(19)10-14/h5-10,13H,1-4H3,(H,20,21)/t13-/m1/s1. The third kappa shape index (κ3) is 4.39. The van der Waals surface area contributed by atoms with E-state index >= 15 is 0 Å². The van der Waals surface area contributed by atoms with Gasteiger partial charge in [0.1, 0.15) is 11.5 Å². The Balaban J connectivity index is 2.05. The average molecular weight is 334 g/mol. The molecule has 0 bridgehead atoms. The van der Waals surface area contributed by atoms with Crippen LogP contribution in [0.4, 0.5) is 5.69 Å². The third-order valence-corrected chi connectivity index (χ3v) is 3.73. The van der Waals surface area contributed by atoms with E-state index in [9.17, 15) is 4.79 Å². The fraction of sp³-hybridized carbons (Fsp3) is 0.278. The zero-order valence-electron chi connectivity index (χ0n) is 13.6. The summed E-state index contributed by atoms with van der Waals surface area (Å²) < 4.78 is 10.9. The minimum atomic E-state index is -0.628. The smallest absolute Gasteiger partial charge is 0.265 e. The van der Waals surface area contributed by atoms with Gasteiger partial charge in [-0.15, -0.1) is 0 Å². The van der Waals surface area contributed by atoms with Crippen molar-refractivity contribution in [1.29, 1.82) is 0 Å². The van der Waals surface area contributed by atoms with E-state index in [2.05, 4.69) is 5.32 Å². The number of carbonyl (C=O) groups excluding carboxylic acids is 1. The van der Waals surface area contributed by atoms with E-state index in [4.69, 9.17) is 21.1 Å². The van der Waals surface area contributed by atoms with Gasteiger partial charge in [0.2, 0.25) is 0 Å². The summed E-state index contributed by atoms with van der Waals surface area (Å²) in [4.78, 5) is 12.3. The molecule has 2 aromatic carbocycles. The topological polar surface area (TPSA) is 47.6 Å². The van der Waals surface area contributed by atoms with Gasteiger partial charge < -0.3 is 14.8 Å². The second kappa shape index (κ2) is 7.38. The number of hydrogen-bond acceptors (Lipinski definition) is 3. The molecule has 0 aliphatic rings. The predicted octanol–water partition coefficient (Wildman–Crippen LogP) is 4.37. The predicted molar refractivity (Wildman–Crippen MR) is 92.6 cm³/mol. The highest BCUT2D eigenvalue weighted by Gasteiger charge is 2.16. The van der Waals surface area contributed by atoms with Gasteiger partial charge in [0.15, 0.2) is 6.10 Å². The molecule has 0 aromatic heterocycles. The van der Waals surface area contributed by atoms with Crippen LogP contribution >= 0.6 is 11.6 Å². The van der Waals surface area contributed by atoms with Gasteiger partial charge in [-0.3, -0.25) is 4.79 Å². The first kappa shape index (κ1) is 17.2. The monoisotopic (exact) mass is 333 g/mol. The van der Waals surface area contributed by atoms with Gasteiger partial charge in [-0.2, -0.15) is 0 Å². The van der Waals surface area contributed by atoms with Crippen molar-refractivity contribution in [3.05, 3.63) is 52.5 Å². The first-order valence-electron chi connectivity index (χ1n) is 7.29. The highest BCUT2D eigenvalue weighted by Crippen LogP contribution is 2.27. The zero-order chi connectivity index (χ0) is 17.0. The molecular weight excluding hydrogens is 314 g/mol. The van der Waals surface area contributed by atoms with Gasteiger partial charge in [0.25, 0.3) is 5.91 Å². The molecule has 0 unspecified atom stereocenters. The number of ether oxygens (including phenoxy) is 2. The lowest BCUT2D eigenvalue weighted by Crippen LogP contribution is -2.30. The number of aryl methyl sites for hydroxylation is 2. The van der Waals surface area contributed by atoms with Gasteiger partial charge >= 0.3 is 0 Å². The maximum absolute atomic E-state index is 12.3. The Hall–Kier alpha value is -2.20. The van der Waals surface area contributed by atoms with Crippen molar-refractivity contribution in [2.75, 3.05) is 12.4 Å². The first-order valence-corrected chi connectivity index (χ1v) is 7.67. The Labute approximate surface area is 141 Å². The normalized spacial score (nSPS) is 11.7. The average Bonchev–Trinajstić information content (AvgIpc) is 2.51. The Morgan fingerprint density at radius 2 is 1.87 bits per heavy atom. The molecule has 4 nitrogen and oxygen atoms in total. The van der Waals surface area contributed by atoms with Gasteiger partial charge in [-0.1, -0.05) is 23.7 Å². The molecule has 2 aromatic rings. The van der Waals surface area contributed by atoms with Crippen LogP contribution in [0.3, 0.4) is 0 Å². The number of anilines is 1. The van der Waals surface area contributed by atoms with Gasteiger partial charge in [0, 0.05) is 5.69 Å². The second-order valence-electron chi connectivity index (χ2n) is 5.37. The van der Waals surface area contributed by atoms with Crippen LogP contribution < -0.4 is 14.8 Å². The lowest BCUT2D eigenvalue weighted by Gasteiger charge is -2.17. The van der Waals surface area contributed by atoms with Crippen LogP contribution in [0, 0.1) is 13.8 Å². The number of hydrogen-bond donors (Lipinski definition) is 1. The molecule has 5 heteroatoms. The summed E-state index contributed by atoms with van der Waals surface area (Å²) in [7, 11) is 1.54. The van der Waals surface area contributed by atoms with E-state index in [1.54, 1.807) is 32.2 Å². The molecule has 1 N–H and O–H groups in total. The number of nitrogens with one attached hydrogen (secondary N) is 1. The Bertz CT molecular complexity index is 715. The minimum absolute atomic E-state index is 0.243. The van der Waals surface area contributed by atoms with Crippen LogP contribution in [0.15, 0.2) is 36.4 Å². The summed E-state index contributed by atoms with van der Waals surface area (Å²) >= 11 is 6.05. The van der Waals surface area contributed by atoms with E-state index in [1.165, 1.54) is 0 Å². The molecular formula is C18H20ClNO3. The van der Waals surface area contributed by atoms with Crippen LogP contribution in [0.2, 0.25) is 5.02 Å². The summed E-state index contributed by atoms with van der Waals surface area (Å²) in [6, 6.07) is 11.0. The molecule has 0 spiro atoms. The Morgan fingerprint density at radius 3 is 2.52 bits per heavy atom. The zero-order valence-corrected chi connectivity index (χ0v) is 14.4. The fourth-order valence-corrected chi connectivity index (χ4v) is 2.32. The molecule has 0 aliphatic carbocycles. The SMILES string of the molecule is COc1ccc(NC(=O)[C@@H](C)Oc2cc(C)ccc2C)cc1Cl. The van der Waals surface area contributed by atoms with Crippen molar-refractivity contribution in [3.63, 3.8) is 0 Å².